The summed E-state index contributed by atoms with van der Waals surface area (Å²) in [5, 5.41) is 3.22. The molecule has 0 saturated heterocycles. The molecule has 1 amide bonds. The van der Waals surface area contributed by atoms with Crippen LogP contribution in [0.25, 0.3) is 0 Å². The first-order valence-electron chi connectivity index (χ1n) is 10.3. The van der Waals surface area contributed by atoms with E-state index in [2.05, 4.69) is 59.1 Å². The molecule has 0 unspecified atom stereocenters. The maximum absolute atomic E-state index is 12.6. The summed E-state index contributed by atoms with van der Waals surface area (Å²) in [6.45, 7) is 7.34. The number of hydrogen-bond acceptors (Lipinski definition) is 2. The highest BCUT2D eigenvalue weighted by atomic mass is 16.1. The Morgan fingerprint density at radius 3 is 2.59 bits per heavy atom. The van der Waals surface area contributed by atoms with Gasteiger partial charge in [0.2, 0.25) is 5.91 Å². The van der Waals surface area contributed by atoms with Crippen molar-refractivity contribution in [3.8, 4) is 0 Å². The van der Waals surface area contributed by atoms with Gasteiger partial charge in [-0.05, 0) is 86.3 Å². The number of rotatable bonds is 4. The average Bonchev–Trinajstić information content (AvgIpc) is 2.90. The molecule has 2 heterocycles. The van der Waals surface area contributed by atoms with Crippen molar-refractivity contribution in [1.29, 1.82) is 0 Å². The van der Waals surface area contributed by atoms with Crippen LogP contribution in [0.2, 0.25) is 0 Å². The molecule has 2 aromatic rings. The molecular weight excluding hydrogens is 334 g/mol. The van der Waals surface area contributed by atoms with Gasteiger partial charge in [0.15, 0.2) is 0 Å². The van der Waals surface area contributed by atoms with Crippen LogP contribution in [-0.4, -0.2) is 17.0 Å². The number of anilines is 2. The monoisotopic (exact) mass is 363 g/mol. The molecule has 1 aromatic heterocycles. The molecular formula is C23H29N3O. The molecule has 3 saturated carbocycles. The summed E-state index contributed by atoms with van der Waals surface area (Å²) >= 11 is 0. The summed E-state index contributed by atoms with van der Waals surface area (Å²) < 4.78 is 2.36. The van der Waals surface area contributed by atoms with Crippen LogP contribution in [0.3, 0.4) is 0 Å². The molecule has 0 spiro atoms. The number of nitrogens with one attached hydrogen (secondary N) is 1. The third-order valence-electron chi connectivity index (χ3n) is 6.95. The zero-order valence-corrected chi connectivity index (χ0v) is 16.4. The van der Waals surface area contributed by atoms with Crippen LogP contribution in [0, 0.1) is 25.2 Å². The zero-order valence-electron chi connectivity index (χ0n) is 16.4. The van der Waals surface area contributed by atoms with Crippen molar-refractivity contribution in [2.75, 3.05) is 16.8 Å². The quantitative estimate of drug-likeness (QED) is 0.859. The number of amides is 1. The number of aromatic nitrogens is 1. The number of nitrogens with zero attached hydrogens (tertiary/aromatic N) is 2. The molecule has 4 aliphatic rings. The predicted molar refractivity (Wildman–Crippen MR) is 109 cm³/mol. The van der Waals surface area contributed by atoms with E-state index in [0.29, 0.717) is 11.8 Å². The molecule has 27 heavy (non-hydrogen) atoms. The highest BCUT2D eigenvalue weighted by molar-refractivity contribution is 5.93. The second-order valence-corrected chi connectivity index (χ2v) is 9.13. The molecule has 4 heteroatoms. The maximum Gasteiger partial charge on any atom is 0.224 e. The number of benzene rings is 1. The Hall–Kier alpha value is -2.23. The van der Waals surface area contributed by atoms with Gasteiger partial charge in [-0.1, -0.05) is 0 Å². The number of hydrogen-bond donors (Lipinski definition) is 1. The van der Waals surface area contributed by atoms with Gasteiger partial charge in [0.1, 0.15) is 0 Å². The lowest BCUT2D eigenvalue weighted by atomic mass is 9.43. The second-order valence-electron chi connectivity index (χ2n) is 9.13. The lowest BCUT2D eigenvalue weighted by molar-refractivity contribution is -0.139. The minimum absolute atomic E-state index is 0.194. The smallest absolute Gasteiger partial charge is 0.224 e. The summed E-state index contributed by atoms with van der Waals surface area (Å²) in [5.41, 5.74) is 6.33. The van der Waals surface area contributed by atoms with E-state index in [0.717, 1.165) is 48.8 Å². The van der Waals surface area contributed by atoms with Gasteiger partial charge in [-0.2, -0.15) is 0 Å². The van der Waals surface area contributed by atoms with Crippen LogP contribution >= 0.6 is 0 Å². The fourth-order valence-electron chi connectivity index (χ4n) is 5.46. The number of fused-ring (bicyclic) bond motifs is 1. The fourth-order valence-corrected chi connectivity index (χ4v) is 5.46. The number of carbonyl (C=O) groups is 1. The standard InChI is InChI=1S/C23H29N3O/c1-16-9-20(26-8-4-7-25-6-3-5-19(25)15-26)10-17(2)22(16)24-21(27)14-23-11-18(12-23)13-23/h3,5-6,9-10,18H,4,7-8,11-15H2,1-2H3,(H,24,27). The minimum Gasteiger partial charge on any atom is -0.366 e. The van der Waals surface area contributed by atoms with E-state index in [-0.39, 0.29) is 5.91 Å². The van der Waals surface area contributed by atoms with Gasteiger partial charge in [-0.15, -0.1) is 0 Å². The number of carbonyl (C=O) groups excluding carboxylic acids is 1. The first kappa shape index (κ1) is 16.9. The summed E-state index contributed by atoms with van der Waals surface area (Å²) in [6, 6.07) is 8.84. The van der Waals surface area contributed by atoms with Crippen LogP contribution < -0.4 is 10.2 Å². The number of aryl methyl sites for hydroxylation is 3. The Labute approximate surface area is 161 Å². The van der Waals surface area contributed by atoms with E-state index in [1.807, 2.05) is 0 Å². The van der Waals surface area contributed by atoms with E-state index in [1.54, 1.807) is 0 Å². The maximum atomic E-state index is 12.6. The summed E-state index contributed by atoms with van der Waals surface area (Å²) in [4.78, 5) is 15.0. The Bertz CT molecular complexity index is 857. The van der Waals surface area contributed by atoms with Gasteiger partial charge in [-0.25, -0.2) is 0 Å². The second kappa shape index (κ2) is 6.15. The van der Waals surface area contributed by atoms with Crippen LogP contribution in [0.5, 0.6) is 0 Å². The van der Waals surface area contributed by atoms with E-state index in [9.17, 15) is 4.79 Å². The molecule has 1 aliphatic heterocycles. The van der Waals surface area contributed by atoms with Gasteiger partial charge in [0, 0.05) is 42.8 Å². The summed E-state index contributed by atoms with van der Waals surface area (Å²) in [6.07, 6.45) is 7.85. The van der Waals surface area contributed by atoms with E-state index in [1.165, 1.54) is 30.6 Å². The van der Waals surface area contributed by atoms with E-state index < -0.39 is 0 Å². The lowest BCUT2D eigenvalue weighted by Crippen LogP contribution is -2.53. The van der Waals surface area contributed by atoms with Crippen LogP contribution in [0.4, 0.5) is 11.4 Å². The predicted octanol–water partition coefficient (Wildman–Crippen LogP) is 4.64. The lowest BCUT2D eigenvalue weighted by Gasteiger charge is -2.61. The Morgan fingerprint density at radius 1 is 1.19 bits per heavy atom. The topological polar surface area (TPSA) is 37.3 Å². The van der Waals surface area contributed by atoms with Gasteiger partial charge < -0.3 is 14.8 Å². The Balaban J connectivity index is 1.33. The first-order chi connectivity index (χ1) is 13.0. The van der Waals surface area contributed by atoms with Crippen molar-refractivity contribution in [3.63, 3.8) is 0 Å². The van der Waals surface area contributed by atoms with Gasteiger partial charge >= 0.3 is 0 Å². The van der Waals surface area contributed by atoms with Crippen LogP contribution in [0.1, 0.15) is 48.9 Å². The van der Waals surface area contributed by atoms with Gasteiger partial charge in [-0.3, -0.25) is 4.79 Å². The molecule has 1 aromatic carbocycles. The highest BCUT2D eigenvalue weighted by Crippen LogP contribution is 2.66. The molecule has 6 rings (SSSR count). The highest BCUT2D eigenvalue weighted by Gasteiger charge is 2.56. The van der Waals surface area contributed by atoms with Crippen molar-refractivity contribution in [3.05, 3.63) is 47.3 Å². The van der Waals surface area contributed by atoms with E-state index in [4.69, 9.17) is 0 Å². The van der Waals surface area contributed by atoms with Crippen LogP contribution in [0.15, 0.2) is 30.5 Å². The first-order valence-corrected chi connectivity index (χ1v) is 10.3. The minimum atomic E-state index is 0.194. The van der Waals surface area contributed by atoms with E-state index >= 15 is 0 Å². The zero-order chi connectivity index (χ0) is 18.6. The van der Waals surface area contributed by atoms with Crippen molar-refractivity contribution in [2.45, 2.75) is 59.0 Å². The SMILES string of the molecule is Cc1cc(N2CCCn3cccc3C2)cc(C)c1NC(=O)CC12CC(C1)C2. The fraction of sp³-hybridized carbons (Fsp3) is 0.522. The van der Waals surface area contributed by atoms with Crippen molar-refractivity contribution < 1.29 is 4.79 Å². The molecule has 0 radical (unpaired) electrons. The third-order valence-corrected chi connectivity index (χ3v) is 6.95. The average molecular weight is 364 g/mol. The van der Waals surface area contributed by atoms with Crippen molar-refractivity contribution >= 4 is 17.3 Å². The Kier molecular flexibility index (Phi) is 3.85. The van der Waals surface area contributed by atoms with Gasteiger partial charge in [0.05, 0.1) is 6.54 Å². The third kappa shape index (κ3) is 2.95. The molecule has 2 bridgehead atoms. The molecule has 1 N–H and O–H groups in total. The van der Waals surface area contributed by atoms with Crippen molar-refractivity contribution in [2.24, 2.45) is 11.3 Å². The molecule has 0 atom stereocenters. The molecule has 3 fully saturated rings. The molecule has 142 valence electrons. The molecule has 4 nitrogen and oxygen atoms in total. The summed E-state index contributed by atoms with van der Waals surface area (Å²) in [7, 11) is 0. The van der Waals surface area contributed by atoms with Crippen molar-refractivity contribution in [1.82, 2.24) is 4.57 Å². The normalized spacial score (nSPS) is 25.9. The van der Waals surface area contributed by atoms with Crippen LogP contribution in [-0.2, 0) is 17.9 Å². The summed E-state index contributed by atoms with van der Waals surface area (Å²) in [5.74, 6) is 1.12. The van der Waals surface area contributed by atoms with Gasteiger partial charge in [0.25, 0.3) is 0 Å². The molecule has 3 aliphatic carbocycles. The Morgan fingerprint density at radius 2 is 1.93 bits per heavy atom. The largest absolute Gasteiger partial charge is 0.366 e.